The van der Waals surface area contributed by atoms with Crippen molar-refractivity contribution >= 4 is 33.2 Å². The zero-order chi connectivity index (χ0) is 19.0. The largest absolute Gasteiger partial charge is 0.351 e. The van der Waals surface area contributed by atoms with Gasteiger partial charge in [-0.1, -0.05) is 31.1 Å². The van der Waals surface area contributed by atoms with Crippen molar-refractivity contribution in [2.24, 2.45) is 5.92 Å². The highest BCUT2D eigenvalue weighted by molar-refractivity contribution is 7.20. The molecule has 1 fully saturated rings. The number of hydrogen-bond acceptors (Lipinski definition) is 6. The number of piperidine rings is 1. The lowest BCUT2D eigenvalue weighted by Gasteiger charge is -2.30. The second-order valence-electron chi connectivity index (χ2n) is 7.19. The minimum Gasteiger partial charge on any atom is -0.351 e. The summed E-state index contributed by atoms with van der Waals surface area (Å²) in [5.41, 5.74) is 1.64. The number of amides is 1. The van der Waals surface area contributed by atoms with Crippen molar-refractivity contribution in [3.63, 3.8) is 0 Å². The van der Waals surface area contributed by atoms with Gasteiger partial charge in [-0.05, 0) is 30.9 Å². The Bertz CT molecular complexity index is 950. The van der Waals surface area contributed by atoms with Crippen LogP contribution in [-0.2, 0) is 0 Å². The van der Waals surface area contributed by atoms with E-state index in [0.29, 0.717) is 30.9 Å². The number of benzene rings is 1. The predicted molar refractivity (Wildman–Crippen MR) is 103 cm³/mol. The van der Waals surface area contributed by atoms with Crippen LogP contribution < -0.4 is 0 Å². The number of thiazole rings is 1. The molecule has 4 rings (SSSR count). The highest BCUT2D eigenvalue weighted by Gasteiger charge is 2.31. The Balaban J connectivity index is 1.40. The Labute approximate surface area is 161 Å². The first-order chi connectivity index (χ1) is 13.0. The van der Waals surface area contributed by atoms with Gasteiger partial charge in [0.2, 0.25) is 5.76 Å². The topological polar surface area (TPSA) is 76.3 Å². The Hall–Kier alpha value is -2.54. The molecule has 0 aliphatic carbocycles. The SMILES string of the molecule is CC(C)c1cc(C(=O)N2CCC(C(=O)c3nc4ccccc4s3)CC2)on1. The fraction of sp³-hybridized carbons (Fsp3) is 0.400. The highest BCUT2D eigenvalue weighted by atomic mass is 32.1. The van der Waals surface area contributed by atoms with Gasteiger partial charge in [-0.25, -0.2) is 4.98 Å². The third kappa shape index (κ3) is 3.51. The summed E-state index contributed by atoms with van der Waals surface area (Å²) in [5.74, 6) is 0.336. The molecular weight excluding hydrogens is 362 g/mol. The van der Waals surface area contributed by atoms with E-state index in [-0.39, 0.29) is 29.3 Å². The second-order valence-corrected chi connectivity index (χ2v) is 8.22. The minimum atomic E-state index is -0.153. The van der Waals surface area contributed by atoms with Crippen LogP contribution in [0, 0.1) is 5.92 Å². The number of fused-ring (bicyclic) bond motifs is 1. The molecule has 140 valence electrons. The maximum Gasteiger partial charge on any atom is 0.292 e. The Morgan fingerprint density at radius 1 is 1.22 bits per heavy atom. The van der Waals surface area contributed by atoms with Crippen LogP contribution in [0.2, 0.25) is 0 Å². The summed E-state index contributed by atoms with van der Waals surface area (Å²) >= 11 is 1.44. The highest BCUT2D eigenvalue weighted by Crippen LogP contribution is 2.28. The smallest absolute Gasteiger partial charge is 0.292 e. The van der Waals surface area contributed by atoms with Gasteiger partial charge in [0.25, 0.3) is 5.91 Å². The number of Topliss-reactive ketones (excluding diaryl/α,β-unsaturated/α-hetero) is 1. The van der Waals surface area contributed by atoms with Crippen LogP contribution in [0.1, 0.15) is 58.7 Å². The van der Waals surface area contributed by atoms with Gasteiger partial charge in [0.05, 0.1) is 15.9 Å². The first-order valence-electron chi connectivity index (χ1n) is 9.18. The summed E-state index contributed by atoms with van der Waals surface area (Å²) in [4.78, 5) is 31.6. The summed E-state index contributed by atoms with van der Waals surface area (Å²) in [6.07, 6.45) is 1.29. The van der Waals surface area contributed by atoms with Crippen LogP contribution in [0.15, 0.2) is 34.9 Å². The maximum atomic E-state index is 12.8. The Kier molecular flexibility index (Phi) is 4.78. The molecule has 1 aliphatic heterocycles. The van der Waals surface area contributed by atoms with E-state index in [9.17, 15) is 9.59 Å². The van der Waals surface area contributed by atoms with Crippen molar-refractivity contribution in [1.29, 1.82) is 0 Å². The number of carbonyl (C=O) groups excluding carboxylic acids is 2. The lowest BCUT2D eigenvalue weighted by Crippen LogP contribution is -2.40. The van der Waals surface area contributed by atoms with Crippen molar-refractivity contribution in [1.82, 2.24) is 15.0 Å². The van der Waals surface area contributed by atoms with Crippen molar-refractivity contribution in [2.75, 3.05) is 13.1 Å². The molecule has 1 amide bonds. The maximum absolute atomic E-state index is 12.8. The van der Waals surface area contributed by atoms with E-state index in [4.69, 9.17) is 4.52 Å². The molecular formula is C20H21N3O3S. The fourth-order valence-electron chi connectivity index (χ4n) is 3.31. The summed E-state index contributed by atoms with van der Waals surface area (Å²) < 4.78 is 6.23. The van der Waals surface area contributed by atoms with Crippen LogP contribution in [0.3, 0.4) is 0 Å². The average molecular weight is 383 g/mol. The molecule has 1 aromatic carbocycles. The molecule has 0 N–H and O–H groups in total. The van der Waals surface area contributed by atoms with Crippen LogP contribution in [0.5, 0.6) is 0 Å². The van der Waals surface area contributed by atoms with Crippen molar-refractivity contribution < 1.29 is 14.1 Å². The monoisotopic (exact) mass is 383 g/mol. The predicted octanol–water partition coefficient (Wildman–Crippen LogP) is 4.14. The molecule has 3 aromatic rings. The van der Waals surface area contributed by atoms with E-state index < -0.39 is 0 Å². The molecule has 0 unspecified atom stereocenters. The molecule has 7 heteroatoms. The summed E-state index contributed by atoms with van der Waals surface area (Å²) in [6, 6.07) is 9.49. The molecule has 0 saturated carbocycles. The lowest BCUT2D eigenvalue weighted by atomic mass is 9.92. The molecule has 1 saturated heterocycles. The Morgan fingerprint density at radius 3 is 2.63 bits per heavy atom. The van der Waals surface area contributed by atoms with Crippen LogP contribution in [0.4, 0.5) is 0 Å². The van der Waals surface area contributed by atoms with Gasteiger partial charge in [0.15, 0.2) is 10.8 Å². The standard InChI is InChI=1S/C20H21N3O3S/c1-12(2)15-11-16(26-22-15)20(25)23-9-7-13(8-10-23)18(24)19-21-14-5-3-4-6-17(14)27-19/h3-6,11-13H,7-10H2,1-2H3. The van der Waals surface area contributed by atoms with Crippen LogP contribution in [-0.4, -0.2) is 39.8 Å². The molecule has 6 nitrogen and oxygen atoms in total. The first-order valence-corrected chi connectivity index (χ1v) is 10.00. The second kappa shape index (κ2) is 7.23. The molecule has 27 heavy (non-hydrogen) atoms. The number of aromatic nitrogens is 2. The van der Waals surface area contributed by atoms with Gasteiger partial charge in [-0.2, -0.15) is 0 Å². The molecule has 0 spiro atoms. The number of likely N-dealkylation sites (tertiary alicyclic amines) is 1. The van der Waals surface area contributed by atoms with E-state index in [1.54, 1.807) is 11.0 Å². The number of rotatable bonds is 4. The number of carbonyl (C=O) groups is 2. The van der Waals surface area contributed by atoms with Gasteiger partial charge in [-0.3, -0.25) is 9.59 Å². The van der Waals surface area contributed by atoms with E-state index in [1.807, 2.05) is 38.1 Å². The van der Waals surface area contributed by atoms with Crippen molar-refractivity contribution in [3.05, 3.63) is 46.8 Å². The van der Waals surface area contributed by atoms with Crippen molar-refractivity contribution in [2.45, 2.75) is 32.6 Å². The van der Waals surface area contributed by atoms with Gasteiger partial charge >= 0.3 is 0 Å². The zero-order valence-corrected chi connectivity index (χ0v) is 16.2. The normalized spacial score (nSPS) is 15.6. The molecule has 0 radical (unpaired) electrons. The quantitative estimate of drug-likeness (QED) is 0.633. The van der Waals surface area contributed by atoms with Crippen molar-refractivity contribution in [3.8, 4) is 0 Å². The average Bonchev–Trinajstić information content (AvgIpc) is 3.34. The summed E-state index contributed by atoms with van der Waals surface area (Å²) in [5, 5.41) is 4.52. The summed E-state index contributed by atoms with van der Waals surface area (Å²) in [7, 11) is 0. The van der Waals surface area contributed by atoms with Crippen LogP contribution >= 0.6 is 11.3 Å². The molecule has 1 aliphatic rings. The number of ketones is 1. The number of hydrogen-bond donors (Lipinski definition) is 0. The van der Waals surface area contributed by atoms with E-state index >= 15 is 0 Å². The van der Waals surface area contributed by atoms with E-state index in [1.165, 1.54) is 11.3 Å². The lowest BCUT2D eigenvalue weighted by molar-refractivity contribution is 0.0616. The molecule has 3 heterocycles. The van der Waals surface area contributed by atoms with Gasteiger partial charge in [0.1, 0.15) is 0 Å². The van der Waals surface area contributed by atoms with Crippen LogP contribution in [0.25, 0.3) is 10.2 Å². The minimum absolute atomic E-state index is 0.0874. The first kappa shape index (κ1) is 17.9. The van der Waals surface area contributed by atoms with E-state index in [0.717, 1.165) is 15.9 Å². The molecule has 0 atom stereocenters. The van der Waals surface area contributed by atoms with Gasteiger partial charge in [0, 0.05) is 25.1 Å². The van der Waals surface area contributed by atoms with Gasteiger partial charge in [-0.15, -0.1) is 11.3 Å². The van der Waals surface area contributed by atoms with Gasteiger partial charge < -0.3 is 9.42 Å². The van der Waals surface area contributed by atoms with E-state index in [2.05, 4.69) is 10.1 Å². The number of nitrogens with zero attached hydrogens (tertiary/aromatic N) is 3. The summed E-state index contributed by atoms with van der Waals surface area (Å²) in [6.45, 7) is 5.09. The Morgan fingerprint density at radius 2 is 1.96 bits per heavy atom. The third-order valence-electron chi connectivity index (χ3n) is 4.99. The number of para-hydroxylation sites is 1. The molecule has 2 aromatic heterocycles. The third-order valence-corrected chi connectivity index (χ3v) is 6.04. The molecule has 0 bridgehead atoms. The fourth-order valence-corrected chi connectivity index (χ4v) is 4.30. The zero-order valence-electron chi connectivity index (χ0n) is 15.3.